The molecule has 0 fully saturated rings. The molecule has 0 aliphatic rings. The van der Waals surface area contributed by atoms with Gasteiger partial charge in [0.25, 0.3) is 10.1 Å². The zero-order valence-corrected chi connectivity index (χ0v) is 7.10. The Hall–Kier alpha value is 0.830. The zero-order chi connectivity index (χ0) is 8.74. The summed E-state index contributed by atoms with van der Waals surface area (Å²) in [5, 5.41) is 2.82. The predicted octanol–water partition coefficient (Wildman–Crippen LogP) is -1.84. The SMILES string of the molecule is NCCCNCCS(=O)(=O)O.[NaH]. The summed E-state index contributed by atoms with van der Waals surface area (Å²) in [6.45, 7) is 1.55. The second kappa shape index (κ2) is 8.43. The van der Waals surface area contributed by atoms with Crippen LogP contribution in [0.25, 0.3) is 0 Å². The van der Waals surface area contributed by atoms with E-state index >= 15 is 0 Å². The van der Waals surface area contributed by atoms with E-state index in [0.29, 0.717) is 13.1 Å². The third-order valence-electron chi connectivity index (χ3n) is 1.09. The van der Waals surface area contributed by atoms with Crippen LogP contribution in [0.5, 0.6) is 0 Å². The normalized spacial score (nSPS) is 10.8. The molecule has 0 rings (SSSR count). The van der Waals surface area contributed by atoms with E-state index in [9.17, 15) is 8.42 Å². The Bertz CT molecular complexity index is 183. The number of nitrogens with one attached hydrogen (secondary N) is 1. The van der Waals surface area contributed by atoms with E-state index in [0.717, 1.165) is 6.42 Å². The van der Waals surface area contributed by atoms with E-state index in [1.807, 2.05) is 0 Å². The molecule has 0 saturated carbocycles. The molecule has 0 spiro atoms. The molecule has 5 nitrogen and oxygen atoms in total. The van der Waals surface area contributed by atoms with Crippen LogP contribution in [0.1, 0.15) is 6.42 Å². The third-order valence-corrected chi connectivity index (χ3v) is 1.81. The first-order valence-corrected chi connectivity index (χ1v) is 5.03. The summed E-state index contributed by atoms with van der Waals surface area (Å²) in [5.41, 5.74) is 5.19. The zero-order valence-electron chi connectivity index (χ0n) is 6.28. The van der Waals surface area contributed by atoms with Crippen LogP contribution in [-0.4, -0.2) is 67.9 Å². The van der Waals surface area contributed by atoms with Crippen LogP contribution in [0.2, 0.25) is 0 Å². The van der Waals surface area contributed by atoms with Crippen molar-refractivity contribution in [2.45, 2.75) is 6.42 Å². The minimum atomic E-state index is -3.81. The second-order valence-electron chi connectivity index (χ2n) is 2.18. The van der Waals surface area contributed by atoms with Crippen molar-refractivity contribution in [1.82, 2.24) is 5.32 Å². The Labute approximate surface area is 95.1 Å². The molecule has 0 radical (unpaired) electrons. The second-order valence-corrected chi connectivity index (χ2v) is 3.75. The number of hydrogen-bond acceptors (Lipinski definition) is 4. The van der Waals surface area contributed by atoms with E-state index in [4.69, 9.17) is 10.3 Å². The van der Waals surface area contributed by atoms with Gasteiger partial charge < -0.3 is 11.1 Å². The molecule has 0 aromatic heterocycles. The Balaban J connectivity index is 0. The summed E-state index contributed by atoms with van der Waals surface area (Å²) >= 11 is 0. The molecule has 4 N–H and O–H groups in total. The van der Waals surface area contributed by atoms with Crippen LogP contribution in [0.15, 0.2) is 0 Å². The molecular formula is C5H15N2NaO3S. The number of rotatable bonds is 6. The Kier molecular flexibility index (Phi) is 10.8. The first kappa shape index (κ1) is 15.3. The van der Waals surface area contributed by atoms with Crippen molar-refractivity contribution >= 4 is 39.7 Å². The van der Waals surface area contributed by atoms with Crippen molar-refractivity contribution in [3.8, 4) is 0 Å². The maximum atomic E-state index is 10.2. The fraction of sp³-hybridized carbons (Fsp3) is 1.00. The van der Waals surface area contributed by atoms with Gasteiger partial charge in [-0.05, 0) is 19.5 Å². The average Bonchev–Trinajstić information content (AvgIpc) is 1.85. The van der Waals surface area contributed by atoms with E-state index < -0.39 is 10.1 Å². The minimum absolute atomic E-state index is 0. The maximum absolute atomic E-state index is 10.2. The van der Waals surface area contributed by atoms with Gasteiger partial charge in [-0.2, -0.15) is 8.42 Å². The summed E-state index contributed by atoms with van der Waals surface area (Å²) in [5.74, 6) is -0.239. The quantitative estimate of drug-likeness (QED) is 0.270. The summed E-state index contributed by atoms with van der Waals surface area (Å²) in [6, 6.07) is 0. The summed E-state index contributed by atoms with van der Waals surface area (Å²) in [6.07, 6.45) is 0.811. The van der Waals surface area contributed by atoms with Gasteiger partial charge in [0.1, 0.15) is 0 Å². The van der Waals surface area contributed by atoms with Crippen molar-refractivity contribution < 1.29 is 13.0 Å². The molecular weight excluding hydrogens is 191 g/mol. The van der Waals surface area contributed by atoms with Crippen molar-refractivity contribution in [3.05, 3.63) is 0 Å². The molecule has 0 aromatic rings. The molecule has 0 amide bonds. The van der Waals surface area contributed by atoms with Gasteiger partial charge in [-0.25, -0.2) is 0 Å². The van der Waals surface area contributed by atoms with E-state index in [2.05, 4.69) is 5.32 Å². The van der Waals surface area contributed by atoms with Gasteiger partial charge in [0.2, 0.25) is 0 Å². The molecule has 0 atom stereocenters. The predicted molar refractivity (Wildman–Crippen MR) is 50.1 cm³/mol. The molecule has 0 bridgehead atoms. The molecule has 0 heterocycles. The van der Waals surface area contributed by atoms with Crippen LogP contribution < -0.4 is 11.1 Å². The first-order chi connectivity index (χ1) is 5.06. The fourth-order valence-corrected chi connectivity index (χ4v) is 0.955. The molecule has 7 heteroatoms. The van der Waals surface area contributed by atoms with E-state index in [1.165, 1.54) is 0 Å². The van der Waals surface area contributed by atoms with Gasteiger partial charge in [-0.1, -0.05) is 0 Å². The number of hydrogen-bond donors (Lipinski definition) is 3. The molecule has 0 aliphatic carbocycles. The van der Waals surface area contributed by atoms with Gasteiger partial charge in [-0.3, -0.25) is 4.55 Å². The molecule has 0 aliphatic heterocycles. The average molecular weight is 206 g/mol. The van der Waals surface area contributed by atoms with Crippen LogP contribution in [-0.2, 0) is 10.1 Å². The van der Waals surface area contributed by atoms with Crippen molar-refractivity contribution in [2.75, 3.05) is 25.4 Å². The van der Waals surface area contributed by atoms with Gasteiger partial charge >= 0.3 is 29.6 Å². The Morgan fingerprint density at radius 3 is 2.33 bits per heavy atom. The van der Waals surface area contributed by atoms with Crippen LogP contribution in [0.4, 0.5) is 0 Å². The molecule has 12 heavy (non-hydrogen) atoms. The van der Waals surface area contributed by atoms with Crippen LogP contribution in [0.3, 0.4) is 0 Å². The van der Waals surface area contributed by atoms with E-state index in [-0.39, 0.29) is 41.9 Å². The topological polar surface area (TPSA) is 92.4 Å². The Morgan fingerprint density at radius 2 is 1.92 bits per heavy atom. The Morgan fingerprint density at radius 1 is 1.33 bits per heavy atom. The molecule has 0 aromatic carbocycles. The third kappa shape index (κ3) is 13.4. The summed E-state index contributed by atoms with van der Waals surface area (Å²) in [7, 11) is -3.81. The molecule has 0 saturated heterocycles. The van der Waals surface area contributed by atoms with Gasteiger partial charge in [0.05, 0.1) is 5.75 Å². The fourth-order valence-electron chi connectivity index (χ4n) is 0.553. The first-order valence-electron chi connectivity index (χ1n) is 3.42. The monoisotopic (exact) mass is 206 g/mol. The standard InChI is InChI=1S/C5H14N2O3S.Na.H/c6-2-1-3-7-4-5-11(8,9)10;;/h7H,1-6H2,(H,8,9,10);;. The molecule has 70 valence electrons. The van der Waals surface area contributed by atoms with Crippen molar-refractivity contribution in [2.24, 2.45) is 5.73 Å². The van der Waals surface area contributed by atoms with Crippen molar-refractivity contribution in [3.63, 3.8) is 0 Å². The summed E-state index contributed by atoms with van der Waals surface area (Å²) in [4.78, 5) is 0. The van der Waals surface area contributed by atoms with Crippen molar-refractivity contribution in [1.29, 1.82) is 0 Å². The van der Waals surface area contributed by atoms with Gasteiger partial charge in [0.15, 0.2) is 0 Å². The number of nitrogens with two attached hydrogens (primary N) is 1. The van der Waals surface area contributed by atoms with Crippen LogP contribution in [0, 0.1) is 0 Å². The van der Waals surface area contributed by atoms with Crippen LogP contribution >= 0.6 is 0 Å². The van der Waals surface area contributed by atoms with Gasteiger partial charge in [0, 0.05) is 6.54 Å². The molecule has 0 unspecified atom stereocenters. The van der Waals surface area contributed by atoms with E-state index in [1.54, 1.807) is 0 Å². The van der Waals surface area contributed by atoms with Gasteiger partial charge in [-0.15, -0.1) is 0 Å². The summed E-state index contributed by atoms with van der Waals surface area (Å²) < 4.78 is 28.6.